The molecule has 0 saturated carbocycles. The number of aliphatic hydroxyl groups is 2. The molecule has 4 atom stereocenters. The Balaban J connectivity index is 4.08. The molecule has 0 rings (SSSR count). The number of nitrogens with two attached hydrogens (primary N) is 1. The molecule has 0 aromatic carbocycles. The Morgan fingerprint density at radius 1 is 0.500 bits per heavy atom. The van der Waals surface area contributed by atoms with Crippen LogP contribution in [0.4, 0.5) is 0 Å². The van der Waals surface area contributed by atoms with Crippen LogP contribution in [0, 0.1) is 0 Å². The van der Waals surface area contributed by atoms with Crippen LogP contribution in [0.15, 0.2) is 0 Å². The first-order chi connectivity index (χ1) is 29.3. The maximum atomic E-state index is 12.9. The van der Waals surface area contributed by atoms with Gasteiger partial charge in [0.1, 0.15) is 0 Å². The summed E-state index contributed by atoms with van der Waals surface area (Å²) in [5.74, 6) is -0.406. The summed E-state index contributed by atoms with van der Waals surface area (Å²) < 4.78 is 22.2. The van der Waals surface area contributed by atoms with Crippen LogP contribution in [0.1, 0.15) is 277 Å². The van der Waals surface area contributed by atoms with Crippen LogP contribution < -0.4 is 11.1 Å². The first-order valence-corrected chi connectivity index (χ1v) is 27.7. The van der Waals surface area contributed by atoms with Gasteiger partial charge < -0.3 is 26.2 Å². The van der Waals surface area contributed by atoms with Gasteiger partial charge in [0.2, 0.25) is 5.91 Å². The zero-order chi connectivity index (χ0) is 44.0. The molecule has 6 N–H and O–H groups in total. The highest BCUT2D eigenvalue weighted by atomic mass is 31.2. The average molecular weight is 875 g/mol. The fourth-order valence-corrected chi connectivity index (χ4v) is 9.06. The van der Waals surface area contributed by atoms with Crippen molar-refractivity contribution in [3.8, 4) is 0 Å². The molecule has 0 bridgehead atoms. The van der Waals surface area contributed by atoms with Gasteiger partial charge >= 0.3 is 7.82 Å². The fourth-order valence-electron chi connectivity index (χ4n) is 8.30. The van der Waals surface area contributed by atoms with E-state index in [0.717, 1.165) is 38.5 Å². The third-order valence-electron chi connectivity index (χ3n) is 12.3. The number of nitrogens with one attached hydrogen (secondary N) is 1. The molecular weight excluding hydrogens is 772 g/mol. The van der Waals surface area contributed by atoms with Crippen LogP contribution >= 0.6 is 7.82 Å². The number of unbranched alkanes of at least 4 members (excludes halogenated alkanes) is 36. The van der Waals surface area contributed by atoms with E-state index in [1.54, 1.807) is 0 Å². The Morgan fingerprint density at radius 2 is 0.800 bits per heavy atom. The second-order valence-corrected chi connectivity index (χ2v) is 19.7. The third kappa shape index (κ3) is 44.1. The monoisotopic (exact) mass is 875 g/mol. The van der Waals surface area contributed by atoms with Crippen molar-refractivity contribution in [2.45, 2.75) is 295 Å². The van der Waals surface area contributed by atoms with Crippen LogP contribution in [0.2, 0.25) is 0 Å². The molecule has 0 aromatic heterocycles. The number of phosphoric ester groups is 1. The van der Waals surface area contributed by atoms with Crippen LogP contribution in [0.25, 0.3) is 0 Å². The van der Waals surface area contributed by atoms with Crippen molar-refractivity contribution in [3.05, 3.63) is 0 Å². The normalized spacial score (nSPS) is 14.3. The number of phosphoric acid groups is 1. The van der Waals surface area contributed by atoms with Gasteiger partial charge in [-0.2, -0.15) is 0 Å². The highest BCUT2D eigenvalue weighted by molar-refractivity contribution is 7.47. The summed E-state index contributed by atoms with van der Waals surface area (Å²) in [5, 5.41) is 24.3. The number of aliphatic hydroxyl groups excluding tert-OH is 2. The van der Waals surface area contributed by atoms with E-state index < -0.39 is 32.0 Å². The second-order valence-electron chi connectivity index (χ2n) is 18.3. The van der Waals surface area contributed by atoms with Gasteiger partial charge in [-0.05, 0) is 12.8 Å². The third-order valence-corrected chi connectivity index (χ3v) is 13.2. The zero-order valence-corrected chi connectivity index (χ0v) is 40.7. The van der Waals surface area contributed by atoms with Crippen molar-refractivity contribution < 1.29 is 33.5 Å². The standard InChI is InChI=1S/C50H103N2O7P/c1-3-5-7-9-11-13-15-17-19-21-22-23-24-26-27-29-31-33-35-37-39-41-47(53)45-50(55)52-48(46-59-60(56,57)58-44-43-51)49(54)42-40-38-36-34-32-30-28-25-20-18-16-14-12-10-8-6-4-2/h47-49,53-54H,3-46,51H2,1-2H3,(H,52,55)(H,56,57). The summed E-state index contributed by atoms with van der Waals surface area (Å²) in [5.41, 5.74) is 5.39. The van der Waals surface area contributed by atoms with E-state index in [0.29, 0.717) is 12.8 Å². The number of hydrogen-bond donors (Lipinski definition) is 5. The lowest BCUT2D eigenvalue weighted by Crippen LogP contribution is -2.47. The first-order valence-electron chi connectivity index (χ1n) is 26.2. The van der Waals surface area contributed by atoms with E-state index in [9.17, 15) is 24.5 Å². The minimum atomic E-state index is -4.38. The van der Waals surface area contributed by atoms with Crippen molar-refractivity contribution in [3.63, 3.8) is 0 Å². The maximum absolute atomic E-state index is 12.9. The highest BCUT2D eigenvalue weighted by Gasteiger charge is 2.28. The molecule has 9 nitrogen and oxygen atoms in total. The van der Waals surface area contributed by atoms with Crippen LogP contribution in [0.3, 0.4) is 0 Å². The van der Waals surface area contributed by atoms with Crippen LogP contribution in [-0.4, -0.2) is 59.0 Å². The summed E-state index contributed by atoms with van der Waals surface area (Å²) in [6.07, 6.45) is 48.7. The Morgan fingerprint density at radius 3 is 1.12 bits per heavy atom. The van der Waals surface area contributed by atoms with Crippen molar-refractivity contribution in [2.24, 2.45) is 5.73 Å². The maximum Gasteiger partial charge on any atom is 0.472 e. The Kier molecular flexibility index (Phi) is 46.0. The SMILES string of the molecule is CCCCCCCCCCCCCCCCCCCCCCCC(O)CC(=O)NC(COP(=O)(O)OCCN)C(O)CCCCCCCCCCCCCCCCCCC. The minimum absolute atomic E-state index is 0.0630. The Labute approximate surface area is 372 Å². The lowest BCUT2D eigenvalue weighted by atomic mass is 10.0. The predicted octanol–water partition coefficient (Wildman–Crippen LogP) is 14.3. The number of hydrogen-bond acceptors (Lipinski definition) is 7. The summed E-state index contributed by atoms with van der Waals surface area (Å²) in [6.45, 7) is 4.10. The number of rotatable bonds is 50. The summed E-state index contributed by atoms with van der Waals surface area (Å²) in [7, 11) is -4.38. The van der Waals surface area contributed by atoms with E-state index in [-0.39, 0.29) is 26.2 Å². The molecular formula is C50H103N2O7P. The van der Waals surface area contributed by atoms with Gasteiger partial charge in [-0.15, -0.1) is 0 Å². The minimum Gasteiger partial charge on any atom is -0.393 e. The van der Waals surface area contributed by atoms with Gasteiger partial charge in [0.05, 0.1) is 37.9 Å². The lowest BCUT2D eigenvalue weighted by Gasteiger charge is -2.25. The number of amides is 1. The molecule has 1 amide bonds. The molecule has 60 heavy (non-hydrogen) atoms. The Hall–Kier alpha value is -0.540. The molecule has 0 aliphatic rings. The molecule has 0 heterocycles. The molecule has 0 aliphatic carbocycles. The van der Waals surface area contributed by atoms with Gasteiger partial charge in [-0.1, -0.05) is 258 Å². The lowest BCUT2D eigenvalue weighted by molar-refractivity contribution is -0.125. The van der Waals surface area contributed by atoms with Gasteiger partial charge in [0.25, 0.3) is 0 Å². The summed E-state index contributed by atoms with van der Waals surface area (Å²) in [4.78, 5) is 22.9. The van der Waals surface area contributed by atoms with E-state index >= 15 is 0 Å². The summed E-state index contributed by atoms with van der Waals surface area (Å²) >= 11 is 0. The summed E-state index contributed by atoms with van der Waals surface area (Å²) in [6, 6.07) is -0.891. The van der Waals surface area contributed by atoms with Gasteiger partial charge in [-0.3, -0.25) is 13.8 Å². The number of carbonyl (C=O) groups is 1. The van der Waals surface area contributed by atoms with Gasteiger partial charge in [0.15, 0.2) is 0 Å². The molecule has 0 aromatic rings. The largest absolute Gasteiger partial charge is 0.472 e. The van der Waals surface area contributed by atoms with Crippen molar-refractivity contribution in [2.75, 3.05) is 19.8 Å². The molecule has 0 fully saturated rings. The van der Waals surface area contributed by atoms with E-state index in [4.69, 9.17) is 14.8 Å². The topological polar surface area (TPSA) is 151 Å². The fraction of sp³-hybridized carbons (Fsp3) is 0.980. The first kappa shape index (κ1) is 59.5. The van der Waals surface area contributed by atoms with E-state index in [1.807, 2.05) is 0 Å². The zero-order valence-electron chi connectivity index (χ0n) is 39.8. The molecule has 0 aliphatic heterocycles. The van der Waals surface area contributed by atoms with Gasteiger partial charge in [-0.25, -0.2) is 4.57 Å². The smallest absolute Gasteiger partial charge is 0.393 e. The van der Waals surface area contributed by atoms with Crippen molar-refractivity contribution in [1.29, 1.82) is 0 Å². The molecule has 0 spiro atoms. The molecule has 0 radical (unpaired) electrons. The highest BCUT2D eigenvalue weighted by Crippen LogP contribution is 2.43. The molecule has 0 saturated heterocycles. The Bertz CT molecular complexity index is 929. The quantitative estimate of drug-likeness (QED) is 0.0299. The second kappa shape index (κ2) is 46.5. The van der Waals surface area contributed by atoms with E-state index in [2.05, 4.69) is 19.2 Å². The van der Waals surface area contributed by atoms with Crippen LogP contribution in [0.5, 0.6) is 0 Å². The molecule has 10 heteroatoms. The average Bonchev–Trinajstić information content (AvgIpc) is 3.23. The predicted molar refractivity (Wildman–Crippen MR) is 255 cm³/mol. The number of carbonyl (C=O) groups excluding carboxylic acids is 1. The van der Waals surface area contributed by atoms with Gasteiger partial charge in [0, 0.05) is 6.54 Å². The molecule has 4 unspecified atom stereocenters. The van der Waals surface area contributed by atoms with Crippen molar-refractivity contribution >= 4 is 13.7 Å². The van der Waals surface area contributed by atoms with Crippen molar-refractivity contribution in [1.82, 2.24) is 5.32 Å². The molecule has 360 valence electrons. The van der Waals surface area contributed by atoms with Crippen LogP contribution in [-0.2, 0) is 18.4 Å². The van der Waals surface area contributed by atoms with E-state index in [1.165, 1.54) is 205 Å².